The molecule has 1 fully saturated rings. The van der Waals surface area contributed by atoms with Crippen molar-refractivity contribution >= 4 is 17.7 Å². The minimum absolute atomic E-state index is 0.0112. The summed E-state index contributed by atoms with van der Waals surface area (Å²) in [7, 11) is 0. The van der Waals surface area contributed by atoms with Gasteiger partial charge in [0.2, 0.25) is 5.78 Å². The van der Waals surface area contributed by atoms with Crippen molar-refractivity contribution in [3.05, 3.63) is 10.4 Å². The summed E-state index contributed by atoms with van der Waals surface area (Å²) in [5, 5.41) is 11.9. The summed E-state index contributed by atoms with van der Waals surface area (Å²) < 4.78 is 0. The Morgan fingerprint density at radius 3 is 2.78 bits per heavy atom. The number of likely N-dealkylation sites (tertiary alicyclic amines) is 1. The molecule has 1 unspecified atom stereocenters. The van der Waals surface area contributed by atoms with Gasteiger partial charge in [0.05, 0.1) is 0 Å². The first-order valence-corrected chi connectivity index (χ1v) is 5.62. The smallest absolute Gasteiger partial charge is 0.303 e. The molecule has 98 valence electrons. The van der Waals surface area contributed by atoms with Gasteiger partial charge in [-0.15, -0.1) is 0 Å². The van der Waals surface area contributed by atoms with E-state index in [1.54, 1.807) is 0 Å². The van der Waals surface area contributed by atoms with Crippen LogP contribution in [0.2, 0.25) is 0 Å². The van der Waals surface area contributed by atoms with Crippen LogP contribution in [-0.4, -0.2) is 46.8 Å². The highest BCUT2D eigenvalue weighted by Crippen LogP contribution is 2.16. The summed E-state index contributed by atoms with van der Waals surface area (Å²) in [4.78, 5) is 37.1. The lowest BCUT2D eigenvalue weighted by molar-refractivity contribution is -0.141. The van der Waals surface area contributed by atoms with Crippen molar-refractivity contribution < 1.29 is 19.5 Å². The quantitative estimate of drug-likeness (QED) is 0.311. The standard InChI is InChI=1S/C10H14N4O4/c11-13-12-6-7(2-1-3-9(16)17)14-5-4-8(15)10(14)18/h7H,1-6H2,(H,16,17). The molecule has 0 aromatic heterocycles. The summed E-state index contributed by atoms with van der Waals surface area (Å²) >= 11 is 0. The van der Waals surface area contributed by atoms with E-state index in [0.717, 1.165) is 0 Å². The van der Waals surface area contributed by atoms with Crippen LogP contribution >= 0.6 is 0 Å². The zero-order valence-electron chi connectivity index (χ0n) is 9.78. The van der Waals surface area contributed by atoms with Gasteiger partial charge < -0.3 is 10.0 Å². The predicted octanol–water partition coefficient (Wildman–Crippen LogP) is 0.722. The normalized spacial score (nSPS) is 16.6. The van der Waals surface area contributed by atoms with Crippen molar-refractivity contribution in [3.63, 3.8) is 0 Å². The highest BCUT2D eigenvalue weighted by molar-refractivity contribution is 6.37. The zero-order valence-corrected chi connectivity index (χ0v) is 9.78. The Hall–Kier alpha value is -2.08. The molecule has 1 aliphatic heterocycles. The van der Waals surface area contributed by atoms with Gasteiger partial charge in [-0.2, -0.15) is 0 Å². The van der Waals surface area contributed by atoms with Crippen molar-refractivity contribution in [3.8, 4) is 0 Å². The summed E-state index contributed by atoms with van der Waals surface area (Å²) in [6.45, 7) is 0.380. The summed E-state index contributed by atoms with van der Waals surface area (Å²) in [5.41, 5.74) is 8.28. The minimum atomic E-state index is -0.915. The lowest BCUT2D eigenvalue weighted by atomic mass is 10.1. The number of Topliss-reactive ketones (excluding diaryl/α,β-unsaturated/α-hetero) is 1. The molecular formula is C10H14N4O4. The number of nitrogens with zero attached hydrogens (tertiary/aromatic N) is 4. The van der Waals surface area contributed by atoms with Gasteiger partial charge in [-0.05, 0) is 18.4 Å². The van der Waals surface area contributed by atoms with Crippen molar-refractivity contribution in [2.24, 2.45) is 5.11 Å². The first-order chi connectivity index (χ1) is 8.56. The molecule has 18 heavy (non-hydrogen) atoms. The lowest BCUT2D eigenvalue weighted by Crippen LogP contribution is -2.39. The van der Waals surface area contributed by atoms with Gasteiger partial charge in [-0.3, -0.25) is 14.4 Å². The number of hydrogen-bond acceptors (Lipinski definition) is 4. The van der Waals surface area contributed by atoms with Crippen LogP contribution in [0.4, 0.5) is 0 Å². The predicted molar refractivity (Wildman–Crippen MR) is 60.6 cm³/mol. The molecule has 0 aromatic carbocycles. The largest absolute Gasteiger partial charge is 0.481 e. The number of aliphatic carboxylic acids is 1. The van der Waals surface area contributed by atoms with Gasteiger partial charge in [-0.1, -0.05) is 5.11 Å². The molecule has 1 heterocycles. The van der Waals surface area contributed by atoms with Gasteiger partial charge in [0, 0.05) is 36.9 Å². The highest BCUT2D eigenvalue weighted by Gasteiger charge is 2.33. The molecule has 1 rings (SSSR count). The highest BCUT2D eigenvalue weighted by atomic mass is 16.4. The van der Waals surface area contributed by atoms with E-state index in [2.05, 4.69) is 10.0 Å². The SMILES string of the molecule is [N-]=[N+]=NCC(CCCC(=O)O)N1CCC(=O)C1=O. The van der Waals surface area contributed by atoms with Crippen LogP contribution in [0.5, 0.6) is 0 Å². The average Bonchev–Trinajstić information content (AvgIpc) is 2.64. The van der Waals surface area contributed by atoms with E-state index in [0.29, 0.717) is 19.4 Å². The molecule has 1 amide bonds. The second kappa shape index (κ2) is 6.61. The molecule has 1 atom stereocenters. The molecule has 0 spiro atoms. The number of carbonyl (C=O) groups excluding carboxylic acids is 2. The van der Waals surface area contributed by atoms with E-state index >= 15 is 0 Å². The minimum Gasteiger partial charge on any atom is -0.481 e. The van der Waals surface area contributed by atoms with Crippen LogP contribution in [0.15, 0.2) is 5.11 Å². The maximum absolute atomic E-state index is 11.5. The van der Waals surface area contributed by atoms with E-state index in [1.165, 1.54) is 4.90 Å². The third-order valence-electron chi connectivity index (χ3n) is 2.80. The summed E-state index contributed by atoms with van der Waals surface area (Å²) in [6, 6.07) is -0.390. The average molecular weight is 254 g/mol. The topological polar surface area (TPSA) is 123 Å². The number of carboxylic acids is 1. The second-order valence-electron chi connectivity index (χ2n) is 4.02. The Morgan fingerprint density at radius 2 is 2.28 bits per heavy atom. The Kier molecular flexibility index (Phi) is 5.13. The van der Waals surface area contributed by atoms with Crippen LogP contribution in [0.3, 0.4) is 0 Å². The first kappa shape index (κ1) is 14.0. The van der Waals surface area contributed by atoms with Crippen molar-refractivity contribution in [1.29, 1.82) is 0 Å². The Morgan fingerprint density at radius 1 is 1.56 bits per heavy atom. The Labute approximate surface area is 103 Å². The van der Waals surface area contributed by atoms with E-state index in [4.69, 9.17) is 10.6 Å². The van der Waals surface area contributed by atoms with Crippen LogP contribution in [0.1, 0.15) is 25.7 Å². The molecular weight excluding hydrogens is 240 g/mol. The number of carbonyl (C=O) groups is 3. The maximum Gasteiger partial charge on any atom is 0.303 e. The van der Waals surface area contributed by atoms with Crippen LogP contribution in [0.25, 0.3) is 10.4 Å². The van der Waals surface area contributed by atoms with Crippen LogP contribution in [0, 0.1) is 0 Å². The molecule has 1 aliphatic rings. The third kappa shape index (κ3) is 3.74. The monoisotopic (exact) mass is 254 g/mol. The van der Waals surface area contributed by atoms with E-state index in [9.17, 15) is 14.4 Å². The molecule has 1 saturated heterocycles. The van der Waals surface area contributed by atoms with E-state index in [1.807, 2.05) is 0 Å². The van der Waals surface area contributed by atoms with Crippen molar-refractivity contribution in [2.45, 2.75) is 31.7 Å². The third-order valence-corrected chi connectivity index (χ3v) is 2.80. The summed E-state index contributed by atoms with van der Waals surface area (Å²) in [6.07, 6.45) is 0.941. The molecule has 8 nitrogen and oxygen atoms in total. The molecule has 0 bridgehead atoms. The fraction of sp³-hybridized carbons (Fsp3) is 0.700. The van der Waals surface area contributed by atoms with Gasteiger partial charge in [0.25, 0.3) is 5.91 Å². The molecule has 8 heteroatoms. The molecule has 0 aromatic rings. The van der Waals surface area contributed by atoms with Gasteiger partial charge in [0.15, 0.2) is 0 Å². The van der Waals surface area contributed by atoms with Crippen LogP contribution in [-0.2, 0) is 14.4 Å². The first-order valence-electron chi connectivity index (χ1n) is 5.62. The van der Waals surface area contributed by atoms with E-state index in [-0.39, 0.29) is 25.4 Å². The summed E-state index contributed by atoms with van der Waals surface area (Å²) in [5.74, 6) is -1.93. The number of rotatable bonds is 7. The van der Waals surface area contributed by atoms with Gasteiger partial charge in [-0.25, -0.2) is 0 Å². The molecule has 1 N–H and O–H groups in total. The van der Waals surface area contributed by atoms with Crippen molar-refractivity contribution in [2.75, 3.05) is 13.1 Å². The molecule has 0 aliphatic carbocycles. The Balaban J connectivity index is 2.60. The molecule has 0 saturated carbocycles. The number of carboxylic acid groups (broad SMARTS) is 1. The number of hydrogen-bond donors (Lipinski definition) is 1. The lowest BCUT2D eigenvalue weighted by Gasteiger charge is -2.25. The zero-order chi connectivity index (χ0) is 13.5. The second-order valence-corrected chi connectivity index (χ2v) is 4.02. The number of azide groups is 1. The van der Waals surface area contributed by atoms with Gasteiger partial charge in [0.1, 0.15) is 0 Å². The Bertz CT molecular complexity index is 403. The van der Waals surface area contributed by atoms with E-state index < -0.39 is 17.7 Å². The number of ketones is 1. The fourth-order valence-corrected chi connectivity index (χ4v) is 1.90. The number of amides is 1. The maximum atomic E-state index is 11.5. The van der Waals surface area contributed by atoms with Crippen LogP contribution < -0.4 is 0 Å². The molecule has 0 radical (unpaired) electrons. The van der Waals surface area contributed by atoms with Crippen molar-refractivity contribution in [1.82, 2.24) is 4.90 Å². The fourth-order valence-electron chi connectivity index (χ4n) is 1.90. The van der Waals surface area contributed by atoms with Gasteiger partial charge >= 0.3 is 5.97 Å².